The monoisotopic (exact) mass is 800 g/mol. The van der Waals surface area contributed by atoms with E-state index in [4.69, 9.17) is 31.8 Å². The smallest absolute Gasteiger partial charge is 0.270 e. The lowest BCUT2D eigenvalue weighted by molar-refractivity contribution is -0.136. The molecule has 3 heterocycles. The lowest BCUT2D eigenvalue weighted by atomic mass is 9.81. The highest BCUT2D eigenvalue weighted by Crippen LogP contribution is 2.40. The highest BCUT2D eigenvalue weighted by atomic mass is 32.1. The number of imide groups is 1. The van der Waals surface area contributed by atoms with Gasteiger partial charge in [0, 0.05) is 54.9 Å². The molecule has 3 amide bonds. The maximum atomic E-state index is 15.1. The number of nitrogen functional groups attached to an aromatic ring is 2. The van der Waals surface area contributed by atoms with E-state index in [0.717, 1.165) is 48.8 Å². The molecule has 1 atom stereocenters. The molecule has 1 unspecified atom stereocenters. The lowest BCUT2D eigenvalue weighted by Gasteiger charge is -2.37. The Kier molecular flexibility index (Phi) is 14.8. The molecule has 2 saturated heterocycles. The predicted molar refractivity (Wildman–Crippen MR) is 217 cm³/mol. The fourth-order valence-electron chi connectivity index (χ4n) is 7.14. The Hall–Kier alpha value is -4.38. The SMILES string of the molecule is CCCC(C)(C)CNCC(C)(C)CC(C)(C)Oc1c(-c2csc(N3CCOCC3)n2)ccc(F)c1F.Nc1ccc(N)c(C(=O)N(N)C2CCC(=O)NC2=O)c1. The van der Waals surface area contributed by atoms with E-state index in [9.17, 15) is 18.8 Å². The molecule has 13 nitrogen and oxygen atoms in total. The second-order valence-corrected chi connectivity index (χ2v) is 17.4. The molecule has 8 N–H and O–H groups in total. The van der Waals surface area contributed by atoms with E-state index in [2.05, 4.69) is 50.2 Å². The predicted octanol–water partition coefficient (Wildman–Crippen LogP) is 5.89. The van der Waals surface area contributed by atoms with Crippen molar-refractivity contribution in [2.24, 2.45) is 16.7 Å². The number of amides is 3. The lowest BCUT2D eigenvalue weighted by Crippen LogP contribution is -2.57. The zero-order chi connectivity index (χ0) is 41.4. The van der Waals surface area contributed by atoms with E-state index in [0.29, 0.717) is 36.6 Å². The van der Waals surface area contributed by atoms with Gasteiger partial charge in [0.15, 0.2) is 16.7 Å². The molecule has 3 aromatic rings. The van der Waals surface area contributed by atoms with Crippen LogP contribution in [0.3, 0.4) is 0 Å². The number of hydrazine groups is 1. The first-order chi connectivity index (χ1) is 26.2. The van der Waals surface area contributed by atoms with Crippen LogP contribution in [-0.2, 0) is 14.3 Å². The summed E-state index contributed by atoms with van der Waals surface area (Å²) in [7, 11) is 0. The fourth-order valence-corrected chi connectivity index (χ4v) is 8.02. The molecule has 2 fully saturated rings. The highest BCUT2D eigenvalue weighted by Gasteiger charge is 2.35. The van der Waals surface area contributed by atoms with Gasteiger partial charge in [0.2, 0.25) is 11.7 Å². The summed E-state index contributed by atoms with van der Waals surface area (Å²) in [6.45, 7) is 19.6. The molecule has 2 aliphatic rings. The molecule has 56 heavy (non-hydrogen) atoms. The van der Waals surface area contributed by atoms with Crippen molar-refractivity contribution in [3.05, 3.63) is 52.9 Å². The average molecular weight is 801 g/mol. The molecule has 5 rings (SSSR count). The van der Waals surface area contributed by atoms with Crippen LogP contribution in [-0.4, -0.2) is 78.8 Å². The van der Waals surface area contributed by atoms with Gasteiger partial charge in [-0.2, -0.15) is 4.39 Å². The van der Waals surface area contributed by atoms with Gasteiger partial charge in [-0.05, 0) is 74.3 Å². The maximum Gasteiger partial charge on any atom is 0.270 e. The zero-order valence-corrected chi connectivity index (χ0v) is 34.4. The zero-order valence-electron chi connectivity index (χ0n) is 33.6. The molecule has 0 aliphatic carbocycles. The first-order valence-corrected chi connectivity index (χ1v) is 19.8. The van der Waals surface area contributed by atoms with E-state index in [1.165, 1.54) is 29.9 Å². The molecule has 0 radical (unpaired) electrons. The molecule has 0 bridgehead atoms. The van der Waals surface area contributed by atoms with Gasteiger partial charge in [0.1, 0.15) is 11.6 Å². The van der Waals surface area contributed by atoms with Crippen molar-refractivity contribution in [1.82, 2.24) is 20.6 Å². The number of thiazole rings is 1. The largest absolute Gasteiger partial charge is 0.484 e. The summed E-state index contributed by atoms with van der Waals surface area (Å²) in [5.41, 5.74) is 12.5. The third-order valence-corrected chi connectivity index (χ3v) is 10.5. The normalized spacial score (nSPS) is 16.5. The summed E-state index contributed by atoms with van der Waals surface area (Å²) in [4.78, 5) is 41.9. The number of rotatable bonds is 14. The standard InChI is InChI=1S/C28H43F2N3O2S.C12H15N5O3/c1-8-11-26(2,3)18-31-19-27(4,5)17-28(6,7)35-24-20(9-10-21(29)23(24)30)22-16-36-25(32-22)33-12-14-34-15-13-33;13-6-1-2-8(14)7(5-6)12(20)17(15)9-3-4-10(18)16-11(9)19/h9-10,16,31H,8,11-15,17-19H2,1-7H3;1-2,5,9H,3-4,13-15H2,(H,16,18,19). The maximum absolute atomic E-state index is 15.1. The van der Waals surface area contributed by atoms with Gasteiger partial charge in [-0.25, -0.2) is 15.2 Å². The fraction of sp³-hybridized carbons (Fsp3) is 0.550. The van der Waals surface area contributed by atoms with Gasteiger partial charge in [-0.15, -0.1) is 11.3 Å². The van der Waals surface area contributed by atoms with Gasteiger partial charge in [0.25, 0.3) is 11.8 Å². The number of anilines is 3. The van der Waals surface area contributed by atoms with E-state index in [1.807, 2.05) is 19.2 Å². The van der Waals surface area contributed by atoms with Crippen LogP contribution in [0.15, 0.2) is 35.7 Å². The van der Waals surface area contributed by atoms with Crippen molar-refractivity contribution in [2.45, 2.75) is 92.2 Å². The number of hydrogen-bond donors (Lipinski definition) is 5. The Labute approximate surface area is 332 Å². The molecule has 308 valence electrons. The molecule has 0 spiro atoms. The van der Waals surface area contributed by atoms with Crippen LogP contribution in [0.4, 0.5) is 25.3 Å². The van der Waals surface area contributed by atoms with Crippen molar-refractivity contribution in [3.63, 3.8) is 0 Å². The average Bonchev–Trinajstić information content (AvgIpc) is 3.61. The Morgan fingerprint density at radius 1 is 1.07 bits per heavy atom. The van der Waals surface area contributed by atoms with Crippen molar-refractivity contribution in [2.75, 3.05) is 55.8 Å². The van der Waals surface area contributed by atoms with Gasteiger partial charge in [0.05, 0.1) is 24.5 Å². The van der Waals surface area contributed by atoms with Gasteiger partial charge < -0.3 is 31.2 Å². The number of carbonyl (C=O) groups is 3. The summed E-state index contributed by atoms with van der Waals surface area (Å²) < 4.78 is 41.1. The molecule has 16 heteroatoms. The Morgan fingerprint density at radius 2 is 1.75 bits per heavy atom. The van der Waals surface area contributed by atoms with E-state index >= 15 is 4.39 Å². The molecule has 2 aliphatic heterocycles. The van der Waals surface area contributed by atoms with Crippen molar-refractivity contribution in [1.29, 1.82) is 0 Å². The Bertz CT molecular complexity index is 1850. The van der Waals surface area contributed by atoms with Gasteiger partial charge in [-0.3, -0.25) is 24.7 Å². The van der Waals surface area contributed by atoms with Crippen molar-refractivity contribution < 1.29 is 32.6 Å². The number of nitrogens with one attached hydrogen (secondary N) is 2. The van der Waals surface area contributed by atoms with E-state index in [1.54, 1.807) is 12.1 Å². The quantitative estimate of drug-likeness (QED) is 0.0430. The molecular weight excluding hydrogens is 743 g/mol. The van der Waals surface area contributed by atoms with Crippen LogP contribution in [0.2, 0.25) is 0 Å². The number of carbonyl (C=O) groups excluding carboxylic acids is 3. The van der Waals surface area contributed by atoms with Crippen molar-refractivity contribution in [3.8, 4) is 17.0 Å². The minimum atomic E-state index is -0.973. The number of ether oxygens (including phenoxy) is 2. The first-order valence-electron chi connectivity index (χ1n) is 19.0. The minimum Gasteiger partial charge on any atom is -0.484 e. The third kappa shape index (κ3) is 12.1. The number of halogens is 2. The first kappa shape index (κ1) is 44.3. The second-order valence-electron chi connectivity index (χ2n) is 16.6. The van der Waals surface area contributed by atoms with Crippen molar-refractivity contribution >= 4 is 45.6 Å². The number of benzene rings is 2. The Morgan fingerprint density at radius 3 is 2.41 bits per heavy atom. The van der Waals surface area contributed by atoms with E-state index < -0.39 is 35.1 Å². The number of piperidine rings is 1. The molecule has 1 aromatic heterocycles. The number of nitrogens with zero attached hydrogens (tertiary/aromatic N) is 3. The van der Waals surface area contributed by atoms with Gasteiger partial charge in [-0.1, -0.05) is 41.0 Å². The third-order valence-electron chi connectivity index (χ3n) is 9.60. The molecule has 2 aromatic carbocycles. The minimum absolute atomic E-state index is 0.0772. The van der Waals surface area contributed by atoms with Crippen LogP contribution in [0, 0.1) is 22.5 Å². The van der Waals surface area contributed by atoms with E-state index in [-0.39, 0.29) is 46.6 Å². The second kappa shape index (κ2) is 18.7. The highest BCUT2D eigenvalue weighted by molar-refractivity contribution is 7.14. The summed E-state index contributed by atoms with van der Waals surface area (Å²) in [5.74, 6) is 2.12. The Balaban J connectivity index is 0.000000293. The molecule has 0 saturated carbocycles. The summed E-state index contributed by atoms with van der Waals surface area (Å²) in [6.07, 6.45) is 3.29. The topological polar surface area (TPSA) is 191 Å². The van der Waals surface area contributed by atoms with Crippen LogP contribution in [0.1, 0.15) is 90.9 Å². The molecular formula is C40H58F2N8O5S. The van der Waals surface area contributed by atoms with Gasteiger partial charge >= 0.3 is 0 Å². The van der Waals surface area contributed by atoms with Crippen LogP contribution >= 0.6 is 11.3 Å². The summed E-state index contributed by atoms with van der Waals surface area (Å²) >= 11 is 1.49. The van der Waals surface area contributed by atoms with Crippen LogP contribution < -0.4 is 37.6 Å². The number of nitrogens with two attached hydrogens (primary N) is 3. The number of hydrogen-bond acceptors (Lipinski definition) is 12. The van der Waals surface area contributed by atoms with Crippen LogP contribution in [0.25, 0.3) is 11.3 Å². The number of aromatic nitrogens is 1. The number of morpholine rings is 1. The summed E-state index contributed by atoms with van der Waals surface area (Å²) in [5, 5.41) is 9.26. The van der Waals surface area contributed by atoms with Crippen LogP contribution in [0.5, 0.6) is 5.75 Å². The summed E-state index contributed by atoms with van der Waals surface area (Å²) in [6, 6.07) is 6.23.